The third-order valence-electron chi connectivity index (χ3n) is 2.01. The Labute approximate surface area is 110 Å². The molecule has 0 spiro atoms. The molecule has 3 nitrogen and oxygen atoms in total. The van der Waals surface area contributed by atoms with Crippen LogP contribution in [0.2, 0.25) is 0 Å². The van der Waals surface area contributed by atoms with E-state index in [-0.39, 0.29) is 29.9 Å². The highest BCUT2D eigenvalue weighted by atomic mass is 79.9. The molecule has 0 radical (unpaired) electrons. The summed E-state index contributed by atoms with van der Waals surface area (Å²) in [7, 11) is 0. The largest absolute Gasteiger partial charge is 0.375 e. The van der Waals surface area contributed by atoms with Gasteiger partial charge in [-0.1, -0.05) is 15.9 Å². The van der Waals surface area contributed by atoms with Crippen LogP contribution in [0.5, 0.6) is 0 Å². The van der Waals surface area contributed by atoms with E-state index in [9.17, 15) is 17.6 Å². The SMILES string of the molecule is FC(F)COCCc1ncc(CBr)c(C(F)F)n1. The lowest BCUT2D eigenvalue weighted by molar-refractivity contribution is 0.0182. The van der Waals surface area contributed by atoms with Crippen molar-refractivity contribution in [2.24, 2.45) is 0 Å². The molecule has 0 saturated carbocycles. The summed E-state index contributed by atoms with van der Waals surface area (Å²) in [5.41, 5.74) is -0.0343. The number of hydrogen-bond donors (Lipinski definition) is 0. The van der Waals surface area contributed by atoms with Gasteiger partial charge in [0.25, 0.3) is 12.9 Å². The van der Waals surface area contributed by atoms with E-state index >= 15 is 0 Å². The predicted octanol–water partition coefficient (Wildman–Crippen LogP) is 3.13. The molecule has 0 bridgehead atoms. The standard InChI is InChI=1S/C10H11BrF4N2O/c11-3-6-4-16-8(17-9(6)10(14)15)1-2-18-5-7(12)13/h4,7,10H,1-3,5H2. The van der Waals surface area contributed by atoms with Crippen LogP contribution in [0.4, 0.5) is 17.6 Å². The number of ether oxygens (including phenoxy) is 1. The summed E-state index contributed by atoms with van der Waals surface area (Å²) in [5.74, 6) is 0.157. The van der Waals surface area contributed by atoms with Crippen molar-refractivity contribution in [1.29, 1.82) is 0 Å². The number of hydrogen-bond acceptors (Lipinski definition) is 3. The van der Waals surface area contributed by atoms with E-state index in [0.717, 1.165) is 0 Å². The van der Waals surface area contributed by atoms with Gasteiger partial charge >= 0.3 is 0 Å². The van der Waals surface area contributed by atoms with Crippen molar-refractivity contribution in [1.82, 2.24) is 9.97 Å². The van der Waals surface area contributed by atoms with Crippen LogP contribution in [0.1, 0.15) is 23.5 Å². The van der Waals surface area contributed by atoms with Gasteiger partial charge in [0.15, 0.2) is 0 Å². The Kier molecular flexibility index (Phi) is 6.48. The molecule has 1 aromatic heterocycles. The molecular formula is C10H11BrF4N2O. The average Bonchev–Trinajstić information content (AvgIpc) is 2.34. The molecule has 0 fully saturated rings. The van der Waals surface area contributed by atoms with Crippen LogP contribution < -0.4 is 0 Å². The smallest absolute Gasteiger partial charge is 0.280 e. The van der Waals surface area contributed by atoms with Crippen LogP contribution in [0.3, 0.4) is 0 Å². The second-order valence-electron chi connectivity index (χ2n) is 3.35. The Hall–Kier alpha value is -0.760. The molecule has 1 heterocycles. The van der Waals surface area contributed by atoms with Crippen molar-refractivity contribution in [2.75, 3.05) is 13.2 Å². The normalized spacial score (nSPS) is 11.5. The van der Waals surface area contributed by atoms with Crippen molar-refractivity contribution in [2.45, 2.75) is 24.6 Å². The Morgan fingerprint density at radius 1 is 1.28 bits per heavy atom. The van der Waals surface area contributed by atoms with Gasteiger partial charge in [-0.15, -0.1) is 0 Å². The third-order valence-corrected chi connectivity index (χ3v) is 2.62. The van der Waals surface area contributed by atoms with Gasteiger partial charge < -0.3 is 4.74 Å². The monoisotopic (exact) mass is 330 g/mol. The second-order valence-corrected chi connectivity index (χ2v) is 3.91. The lowest BCUT2D eigenvalue weighted by Crippen LogP contribution is -2.10. The summed E-state index contributed by atoms with van der Waals surface area (Å²) in [6.45, 7) is -0.706. The van der Waals surface area contributed by atoms with Gasteiger partial charge in [-0.25, -0.2) is 27.5 Å². The summed E-state index contributed by atoms with van der Waals surface area (Å²) in [5, 5.41) is 0.231. The van der Waals surface area contributed by atoms with Gasteiger partial charge in [-0.3, -0.25) is 0 Å². The van der Waals surface area contributed by atoms with Gasteiger partial charge in [0.2, 0.25) is 0 Å². The first-order chi connectivity index (χ1) is 8.54. The molecule has 0 atom stereocenters. The molecule has 0 amide bonds. The van der Waals surface area contributed by atoms with Crippen molar-refractivity contribution < 1.29 is 22.3 Å². The zero-order valence-electron chi connectivity index (χ0n) is 9.25. The number of rotatable bonds is 7. The third kappa shape index (κ3) is 4.85. The van der Waals surface area contributed by atoms with Gasteiger partial charge in [0.05, 0.1) is 6.61 Å². The van der Waals surface area contributed by atoms with E-state index in [1.807, 2.05) is 0 Å². The number of aromatic nitrogens is 2. The molecule has 0 saturated heterocycles. The second kappa shape index (κ2) is 7.63. The van der Waals surface area contributed by atoms with Gasteiger partial charge in [-0.05, 0) is 0 Å². The quantitative estimate of drug-likeness (QED) is 0.437. The first kappa shape index (κ1) is 15.3. The first-order valence-electron chi connectivity index (χ1n) is 5.09. The lowest BCUT2D eigenvalue weighted by atomic mass is 10.2. The molecule has 102 valence electrons. The van der Waals surface area contributed by atoms with Crippen molar-refractivity contribution >= 4 is 15.9 Å². The van der Waals surface area contributed by atoms with Gasteiger partial charge in [0.1, 0.15) is 18.1 Å². The lowest BCUT2D eigenvalue weighted by Gasteiger charge is -2.07. The van der Waals surface area contributed by atoms with Crippen LogP contribution in [0.15, 0.2) is 6.20 Å². The van der Waals surface area contributed by atoms with E-state index in [1.54, 1.807) is 0 Å². The summed E-state index contributed by atoms with van der Waals surface area (Å²) in [6.07, 6.45) is -3.82. The Morgan fingerprint density at radius 2 is 2.00 bits per heavy atom. The highest BCUT2D eigenvalue weighted by molar-refractivity contribution is 9.08. The number of nitrogens with zero attached hydrogens (tertiary/aromatic N) is 2. The first-order valence-corrected chi connectivity index (χ1v) is 6.21. The van der Waals surface area contributed by atoms with Gasteiger partial charge in [0, 0.05) is 23.5 Å². The topological polar surface area (TPSA) is 35.0 Å². The molecule has 1 rings (SSSR count). The average molecular weight is 331 g/mol. The molecule has 0 aromatic carbocycles. The Balaban J connectivity index is 2.59. The minimum atomic E-state index is -2.69. The maximum absolute atomic E-state index is 12.6. The molecule has 1 aromatic rings. The fraction of sp³-hybridized carbons (Fsp3) is 0.600. The summed E-state index contributed by atoms with van der Waals surface area (Å²) in [6, 6.07) is 0. The van der Waals surface area contributed by atoms with Gasteiger partial charge in [-0.2, -0.15) is 0 Å². The highest BCUT2D eigenvalue weighted by Crippen LogP contribution is 2.22. The van der Waals surface area contributed by atoms with E-state index in [0.29, 0.717) is 5.56 Å². The van der Waals surface area contributed by atoms with E-state index in [2.05, 4.69) is 30.6 Å². The minimum absolute atomic E-state index is 0.0271. The van der Waals surface area contributed by atoms with Crippen LogP contribution in [0.25, 0.3) is 0 Å². The van der Waals surface area contributed by atoms with Crippen LogP contribution >= 0.6 is 15.9 Å². The van der Waals surface area contributed by atoms with Crippen molar-refractivity contribution in [3.05, 3.63) is 23.3 Å². The summed E-state index contributed by atoms with van der Waals surface area (Å²) < 4.78 is 53.5. The maximum Gasteiger partial charge on any atom is 0.280 e. The molecule has 0 aliphatic carbocycles. The van der Waals surface area contributed by atoms with Crippen LogP contribution in [-0.4, -0.2) is 29.6 Å². The van der Waals surface area contributed by atoms with Crippen molar-refractivity contribution in [3.8, 4) is 0 Å². The predicted molar refractivity (Wildman–Crippen MR) is 60.1 cm³/mol. The summed E-state index contributed by atoms with van der Waals surface area (Å²) >= 11 is 3.06. The Morgan fingerprint density at radius 3 is 2.56 bits per heavy atom. The van der Waals surface area contributed by atoms with E-state index < -0.39 is 19.5 Å². The van der Waals surface area contributed by atoms with Crippen LogP contribution in [0, 0.1) is 0 Å². The fourth-order valence-electron chi connectivity index (χ4n) is 1.21. The zero-order valence-corrected chi connectivity index (χ0v) is 10.8. The molecular weight excluding hydrogens is 320 g/mol. The van der Waals surface area contributed by atoms with Crippen molar-refractivity contribution in [3.63, 3.8) is 0 Å². The molecule has 0 aliphatic rings. The molecule has 8 heteroatoms. The Bertz CT molecular complexity index is 379. The minimum Gasteiger partial charge on any atom is -0.375 e. The number of alkyl halides is 5. The number of halogens is 5. The molecule has 0 N–H and O–H groups in total. The molecule has 18 heavy (non-hydrogen) atoms. The maximum atomic E-state index is 12.6. The van der Waals surface area contributed by atoms with E-state index in [4.69, 9.17) is 0 Å². The highest BCUT2D eigenvalue weighted by Gasteiger charge is 2.15. The van der Waals surface area contributed by atoms with Crippen LogP contribution in [-0.2, 0) is 16.5 Å². The molecule has 0 aliphatic heterocycles. The fourth-order valence-corrected chi connectivity index (χ4v) is 1.64. The van der Waals surface area contributed by atoms with E-state index in [1.165, 1.54) is 6.20 Å². The zero-order chi connectivity index (χ0) is 13.5. The molecule has 0 unspecified atom stereocenters. The summed E-state index contributed by atoms with van der Waals surface area (Å²) in [4.78, 5) is 7.57.